The highest BCUT2D eigenvalue weighted by Gasteiger charge is 2.03. The van der Waals surface area contributed by atoms with Gasteiger partial charge in [-0.05, 0) is 18.1 Å². The van der Waals surface area contributed by atoms with Gasteiger partial charge < -0.3 is 14.8 Å². The first-order valence-electron chi connectivity index (χ1n) is 6.50. The van der Waals surface area contributed by atoms with E-state index in [2.05, 4.69) is 37.1 Å². The first-order chi connectivity index (χ1) is 8.65. The Morgan fingerprint density at radius 3 is 2.67 bits per heavy atom. The molecule has 0 radical (unpaired) electrons. The van der Waals surface area contributed by atoms with Gasteiger partial charge in [0.15, 0.2) is 0 Å². The maximum absolute atomic E-state index is 5.57. The van der Waals surface area contributed by atoms with Crippen molar-refractivity contribution in [1.29, 1.82) is 0 Å². The van der Waals surface area contributed by atoms with E-state index >= 15 is 0 Å². The van der Waals surface area contributed by atoms with Crippen LogP contribution < -0.4 is 10.1 Å². The van der Waals surface area contributed by atoms with Gasteiger partial charge in [-0.3, -0.25) is 0 Å². The third-order valence-corrected chi connectivity index (χ3v) is 2.53. The molecule has 1 heterocycles. The van der Waals surface area contributed by atoms with Crippen LogP contribution in [0.3, 0.4) is 0 Å². The van der Waals surface area contributed by atoms with Crippen molar-refractivity contribution in [3.8, 4) is 5.88 Å². The lowest BCUT2D eigenvalue weighted by atomic mass is 10.2. The summed E-state index contributed by atoms with van der Waals surface area (Å²) in [6.45, 7) is 8.33. The van der Waals surface area contributed by atoms with Crippen molar-refractivity contribution in [1.82, 2.24) is 10.3 Å². The zero-order valence-electron chi connectivity index (χ0n) is 11.8. The van der Waals surface area contributed by atoms with E-state index in [4.69, 9.17) is 9.47 Å². The average molecular weight is 252 g/mol. The van der Waals surface area contributed by atoms with Crippen LogP contribution in [0.1, 0.15) is 32.0 Å². The molecule has 1 aromatic rings. The van der Waals surface area contributed by atoms with Gasteiger partial charge >= 0.3 is 0 Å². The smallest absolute Gasteiger partial charge is 0.213 e. The van der Waals surface area contributed by atoms with E-state index in [1.54, 1.807) is 7.11 Å². The van der Waals surface area contributed by atoms with Crippen LogP contribution in [0.15, 0.2) is 12.1 Å². The summed E-state index contributed by atoms with van der Waals surface area (Å²) in [6, 6.07) is 4.59. The van der Waals surface area contributed by atoms with Crippen LogP contribution in [0.25, 0.3) is 0 Å². The Labute approximate surface area is 110 Å². The Balaban J connectivity index is 2.67. The molecule has 4 nitrogen and oxygen atoms in total. The van der Waals surface area contributed by atoms with Crippen molar-refractivity contribution in [2.24, 2.45) is 0 Å². The number of aromatic nitrogens is 1. The molecule has 0 unspecified atom stereocenters. The van der Waals surface area contributed by atoms with Gasteiger partial charge in [0.2, 0.25) is 5.88 Å². The van der Waals surface area contributed by atoms with Crippen molar-refractivity contribution < 1.29 is 9.47 Å². The average Bonchev–Trinajstić information content (AvgIpc) is 2.36. The fourth-order valence-corrected chi connectivity index (χ4v) is 1.53. The summed E-state index contributed by atoms with van der Waals surface area (Å²) in [4.78, 5) is 4.45. The highest BCUT2D eigenvalue weighted by Crippen LogP contribution is 2.13. The fraction of sp³-hybridized carbons (Fsp3) is 0.643. The van der Waals surface area contributed by atoms with Crippen LogP contribution in [-0.2, 0) is 17.7 Å². The van der Waals surface area contributed by atoms with E-state index in [9.17, 15) is 0 Å². The Hall–Kier alpha value is -1.13. The van der Waals surface area contributed by atoms with Crippen LogP contribution in [-0.4, -0.2) is 31.3 Å². The highest BCUT2D eigenvalue weighted by atomic mass is 16.5. The van der Waals surface area contributed by atoms with Gasteiger partial charge in [0, 0.05) is 31.5 Å². The summed E-state index contributed by atoms with van der Waals surface area (Å²) < 4.78 is 10.5. The van der Waals surface area contributed by atoms with E-state index in [1.165, 1.54) is 5.56 Å². The van der Waals surface area contributed by atoms with Crippen molar-refractivity contribution in [2.45, 2.75) is 39.8 Å². The van der Waals surface area contributed by atoms with Crippen LogP contribution in [0, 0.1) is 0 Å². The Kier molecular flexibility index (Phi) is 6.68. The molecule has 0 amide bonds. The second kappa shape index (κ2) is 8.06. The van der Waals surface area contributed by atoms with Gasteiger partial charge in [-0.15, -0.1) is 0 Å². The predicted molar refractivity (Wildman–Crippen MR) is 73.0 cm³/mol. The minimum atomic E-state index is 0.473. The van der Waals surface area contributed by atoms with Crippen molar-refractivity contribution in [3.63, 3.8) is 0 Å². The van der Waals surface area contributed by atoms with E-state index in [-0.39, 0.29) is 0 Å². The molecular weight excluding hydrogens is 228 g/mol. The molecule has 0 bridgehead atoms. The number of pyridine rings is 1. The number of hydrogen-bond acceptors (Lipinski definition) is 4. The predicted octanol–water partition coefficient (Wildman–Crippen LogP) is 2.17. The van der Waals surface area contributed by atoms with E-state index in [0.29, 0.717) is 25.1 Å². The maximum Gasteiger partial charge on any atom is 0.213 e. The van der Waals surface area contributed by atoms with Crippen LogP contribution in [0.4, 0.5) is 0 Å². The first-order valence-corrected chi connectivity index (χ1v) is 6.50. The Morgan fingerprint density at radius 1 is 1.28 bits per heavy atom. The molecule has 1 N–H and O–H groups in total. The van der Waals surface area contributed by atoms with Gasteiger partial charge in [-0.2, -0.15) is 0 Å². The molecule has 1 rings (SSSR count). The summed E-state index contributed by atoms with van der Waals surface area (Å²) in [5.74, 6) is 0.687. The quantitative estimate of drug-likeness (QED) is 0.720. The van der Waals surface area contributed by atoms with Gasteiger partial charge in [0.25, 0.3) is 0 Å². The van der Waals surface area contributed by atoms with Gasteiger partial charge in [-0.1, -0.05) is 20.8 Å². The first kappa shape index (κ1) is 14.9. The van der Waals surface area contributed by atoms with Crippen molar-refractivity contribution in [2.75, 3.05) is 20.3 Å². The fourth-order valence-electron chi connectivity index (χ4n) is 1.53. The van der Waals surface area contributed by atoms with Crippen molar-refractivity contribution in [3.05, 3.63) is 23.4 Å². The summed E-state index contributed by atoms with van der Waals surface area (Å²) >= 11 is 0. The SMILES string of the molecule is CCc1cc(CNC(C)C)cc(OCCOC)n1. The second-order valence-corrected chi connectivity index (χ2v) is 4.54. The number of nitrogens with zero attached hydrogens (tertiary/aromatic N) is 1. The van der Waals surface area contributed by atoms with Crippen molar-refractivity contribution >= 4 is 0 Å². The maximum atomic E-state index is 5.57. The zero-order valence-corrected chi connectivity index (χ0v) is 11.8. The largest absolute Gasteiger partial charge is 0.475 e. The van der Waals surface area contributed by atoms with Crippen LogP contribution >= 0.6 is 0 Å². The molecule has 0 saturated heterocycles. The van der Waals surface area contributed by atoms with E-state index < -0.39 is 0 Å². The number of aryl methyl sites for hydroxylation is 1. The molecule has 0 atom stereocenters. The summed E-state index contributed by atoms with van der Waals surface area (Å²) in [6.07, 6.45) is 0.913. The lowest BCUT2D eigenvalue weighted by molar-refractivity contribution is 0.143. The number of methoxy groups -OCH3 is 1. The monoisotopic (exact) mass is 252 g/mol. The normalized spacial score (nSPS) is 10.9. The van der Waals surface area contributed by atoms with Crippen LogP contribution in [0.5, 0.6) is 5.88 Å². The highest BCUT2D eigenvalue weighted by molar-refractivity contribution is 5.25. The molecule has 18 heavy (non-hydrogen) atoms. The van der Waals surface area contributed by atoms with Crippen LogP contribution in [0.2, 0.25) is 0 Å². The summed E-state index contributed by atoms with van der Waals surface area (Å²) in [5, 5.41) is 3.40. The lowest BCUT2D eigenvalue weighted by Gasteiger charge is -2.11. The molecule has 4 heteroatoms. The third-order valence-electron chi connectivity index (χ3n) is 2.53. The second-order valence-electron chi connectivity index (χ2n) is 4.54. The van der Waals surface area contributed by atoms with E-state index in [1.807, 2.05) is 6.07 Å². The molecule has 102 valence electrons. The Bertz CT molecular complexity index is 354. The number of hydrogen-bond donors (Lipinski definition) is 1. The van der Waals surface area contributed by atoms with Gasteiger partial charge in [-0.25, -0.2) is 4.98 Å². The number of ether oxygens (including phenoxy) is 2. The number of nitrogens with one attached hydrogen (secondary N) is 1. The lowest BCUT2D eigenvalue weighted by Crippen LogP contribution is -2.22. The number of rotatable bonds is 8. The molecule has 0 saturated carbocycles. The molecule has 0 fully saturated rings. The molecule has 1 aromatic heterocycles. The molecule has 0 aliphatic rings. The minimum absolute atomic E-state index is 0.473. The standard InChI is InChI=1S/C14H24N2O2/c1-5-13-8-12(10-15-11(2)3)9-14(16-13)18-7-6-17-4/h8-9,11,15H,5-7,10H2,1-4H3. The van der Waals surface area contributed by atoms with Gasteiger partial charge in [0.05, 0.1) is 6.61 Å². The molecule has 0 spiro atoms. The summed E-state index contributed by atoms with van der Waals surface area (Å²) in [7, 11) is 1.66. The van der Waals surface area contributed by atoms with Gasteiger partial charge in [0.1, 0.15) is 6.61 Å². The summed E-state index contributed by atoms with van der Waals surface area (Å²) in [5.41, 5.74) is 2.27. The van der Waals surface area contributed by atoms with E-state index in [0.717, 1.165) is 18.7 Å². The third kappa shape index (κ3) is 5.47. The topological polar surface area (TPSA) is 43.4 Å². The Morgan fingerprint density at radius 2 is 2.06 bits per heavy atom. The molecule has 0 aliphatic carbocycles. The zero-order chi connectivity index (χ0) is 13.4. The molecule has 0 aliphatic heterocycles. The molecular formula is C14H24N2O2. The molecule has 0 aromatic carbocycles. The minimum Gasteiger partial charge on any atom is -0.475 e.